The van der Waals surface area contributed by atoms with Gasteiger partial charge in [-0.3, -0.25) is 14.5 Å². The third-order valence-electron chi connectivity index (χ3n) is 7.56. The number of esters is 1. The van der Waals surface area contributed by atoms with Gasteiger partial charge in [-0.1, -0.05) is 57.2 Å². The number of rotatable bonds is 14. The molecule has 0 aromatic carbocycles. The van der Waals surface area contributed by atoms with Gasteiger partial charge in [0.15, 0.2) is 5.82 Å². The smallest absolute Gasteiger partial charge is 0.307 e. The lowest BCUT2D eigenvalue weighted by Crippen LogP contribution is -2.24. The first kappa shape index (κ1) is 31.2. The summed E-state index contributed by atoms with van der Waals surface area (Å²) in [4.78, 5) is 27.2. The summed E-state index contributed by atoms with van der Waals surface area (Å²) in [5.74, 6) is 0.918. The lowest BCUT2D eigenvalue weighted by molar-refractivity contribution is -0.144. The Morgan fingerprint density at radius 1 is 1.12 bits per heavy atom. The van der Waals surface area contributed by atoms with Crippen molar-refractivity contribution in [2.45, 2.75) is 96.7 Å². The fourth-order valence-corrected chi connectivity index (χ4v) is 6.74. The zero-order valence-corrected chi connectivity index (χ0v) is 27.6. The van der Waals surface area contributed by atoms with Crippen LogP contribution in [0.25, 0.3) is 22.2 Å². The molecular formula is C31H43N7O3SSi. The largest absolute Gasteiger partial charge is 0.466 e. The molecule has 0 atom stereocenters. The number of aryl methyl sites for hydroxylation is 1. The molecule has 0 bridgehead atoms. The van der Waals surface area contributed by atoms with Gasteiger partial charge in [0, 0.05) is 44.1 Å². The molecule has 12 heteroatoms. The maximum atomic E-state index is 12.0. The number of hydrogen-bond donors (Lipinski definition) is 0. The first-order chi connectivity index (χ1) is 20.8. The van der Waals surface area contributed by atoms with Gasteiger partial charge in [0.2, 0.25) is 4.80 Å². The topological polar surface area (TPSA) is 109 Å². The van der Waals surface area contributed by atoms with Crippen LogP contribution >= 0.6 is 11.3 Å². The Morgan fingerprint density at radius 2 is 1.95 bits per heavy atom. The Hall–Kier alpha value is -3.22. The van der Waals surface area contributed by atoms with E-state index >= 15 is 0 Å². The van der Waals surface area contributed by atoms with E-state index in [0.717, 1.165) is 57.5 Å². The molecule has 0 N–H and O–H groups in total. The molecule has 4 aromatic heterocycles. The van der Waals surface area contributed by atoms with Crippen molar-refractivity contribution in [3.63, 3.8) is 0 Å². The summed E-state index contributed by atoms with van der Waals surface area (Å²) in [6.45, 7) is 11.2. The molecule has 230 valence electrons. The molecule has 1 aliphatic rings. The third-order valence-corrected chi connectivity index (χ3v) is 10.4. The van der Waals surface area contributed by atoms with Gasteiger partial charge in [-0.15, -0.1) is 0 Å². The molecule has 0 spiro atoms. The molecule has 1 saturated carbocycles. The van der Waals surface area contributed by atoms with Crippen molar-refractivity contribution in [1.82, 2.24) is 29.5 Å². The van der Waals surface area contributed by atoms with Crippen molar-refractivity contribution in [2.75, 3.05) is 13.2 Å². The van der Waals surface area contributed by atoms with Crippen LogP contribution < -0.4 is 4.80 Å². The maximum Gasteiger partial charge on any atom is 0.307 e. The van der Waals surface area contributed by atoms with Gasteiger partial charge in [0.05, 0.1) is 36.8 Å². The molecule has 4 heterocycles. The second-order valence-corrected chi connectivity index (χ2v) is 19.0. The molecule has 5 rings (SSSR count). The van der Waals surface area contributed by atoms with Gasteiger partial charge < -0.3 is 9.47 Å². The third kappa shape index (κ3) is 8.90. The Balaban J connectivity index is 1.33. The van der Waals surface area contributed by atoms with Crippen molar-refractivity contribution in [1.29, 1.82) is 0 Å². The van der Waals surface area contributed by atoms with Crippen LogP contribution in [0.4, 0.5) is 5.82 Å². The zero-order valence-electron chi connectivity index (χ0n) is 25.8. The molecule has 1 fully saturated rings. The average molecular weight is 622 g/mol. The number of pyridine rings is 2. The zero-order chi connectivity index (χ0) is 30.2. The van der Waals surface area contributed by atoms with Gasteiger partial charge in [-0.25, -0.2) is 9.67 Å². The lowest BCUT2D eigenvalue weighted by atomic mass is 10.1. The van der Waals surface area contributed by atoms with E-state index < -0.39 is 8.07 Å². The first-order valence-corrected chi connectivity index (χ1v) is 20.0. The Bertz CT molecular complexity index is 1580. The first-order valence-electron chi connectivity index (χ1n) is 15.4. The Kier molecular flexibility index (Phi) is 10.5. The molecule has 0 aliphatic heterocycles. The second-order valence-electron chi connectivity index (χ2n) is 12.4. The van der Waals surface area contributed by atoms with Crippen molar-refractivity contribution in [3.8, 4) is 11.1 Å². The minimum absolute atomic E-state index is 0.200. The summed E-state index contributed by atoms with van der Waals surface area (Å²) >= 11 is 1.65. The van der Waals surface area contributed by atoms with Gasteiger partial charge in [0.1, 0.15) is 11.7 Å². The summed E-state index contributed by atoms with van der Waals surface area (Å²) in [6, 6.07) is 6.97. The number of ether oxygens (including phenoxy) is 2. The number of aromatic nitrogens is 6. The Labute approximate surface area is 258 Å². The molecule has 10 nitrogen and oxygen atoms in total. The number of carbonyl (C=O) groups excluding carboxylic acids is 1. The van der Waals surface area contributed by atoms with E-state index in [1.165, 1.54) is 25.7 Å². The lowest BCUT2D eigenvalue weighted by Gasteiger charge is -2.15. The summed E-state index contributed by atoms with van der Waals surface area (Å²) < 4.78 is 15.0. The van der Waals surface area contributed by atoms with Gasteiger partial charge in [0.25, 0.3) is 0 Å². The molecule has 0 amide bonds. The quantitative estimate of drug-likeness (QED) is 0.0877. The molecule has 1 aliphatic carbocycles. The van der Waals surface area contributed by atoms with E-state index in [1.807, 2.05) is 35.3 Å². The SMILES string of the molecule is CCCCOC(=O)CCn1cc(-c2cnc3ccc(/N=c4\sc(C5CCCC5)nn4COCC[Si](C)(C)C)nc3c2)cn1. The highest BCUT2D eigenvalue weighted by atomic mass is 32.1. The van der Waals surface area contributed by atoms with E-state index in [0.29, 0.717) is 31.6 Å². The highest BCUT2D eigenvalue weighted by Gasteiger charge is 2.22. The molecule has 43 heavy (non-hydrogen) atoms. The van der Waals surface area contributed by atoms with E-state index in [1.54, 1.807) is 22.2 Å². The summed E-state index contributed by atoms with van der Waals surface area (Å²) in [5.41, 5.74) is 3.36. The van der Waals surface area contributed by atoms with Crippen LogP contribution in [0.15, 0.2) is 41.8 Å². The van der Waals surface area contributed by atoms with Crippen molar-refractivity contribution in [3.05, 3.63) is 46.6 Å². The molecule has 0 radical (unpaired) electrons. The minimum Gasteiger partial charge on any atom is -0.466 e. The fraction of sp³-hybridized carbons (Fsp3) is 0.548. The van der Waals surface area contributed by atoms with Crippen LogP contribution in [-0.2, 0) is 27.5 Å². The van der Waals surface area contributed by atoms with Crippen LogP contribution in [0.2, 0.25) is 25.7 Å². The number of nitrogens with zero attached hydrogens (tertiary/aromatic N) is 7. The van der Waals surface area contributed by atoms with Gasteiger partial charge in [-0.05, 0) is 43.5 Å². The normalized spacial score (nSPS) is 14.7. The Morgan fingerprint density at radius 3 is 2.74 bits per heavy atom. The predicted octanol–water partition coefficient (Wildman–Crippen LogP) is 6.69. The fourth-order valence-electron chi connectivity index (χ4n) is 4.92. The van der Waals surface area contributed by atoms with Gasteiger partial charge >= 0.3 is 5.97 Å². The summed E-state index contributed by atoms with van der Waals surface area (Å²) in [7, 11) is -1.17. The summed E-state index contributed by atoms with van der Waals surface area (Å²) in [5, 5.41) is 10.5. The summed E-state index contributed by atoms with van der Waals surface area (Å²) in [6.07, 6.45) is 12.6. The van der Waals surface area contributed by atoms with E-state index in [9.17, 15) is 4.79 Å². The average Bonchev–Trinajstić information content (AvgIpc) is 3.75. The molecule has 0 unspecified atom stereocenters. The monoisotopic (exact) mass is 621 g/mol. The van der Waals surface area contributed by atoms with Crippen LogP contribution in [0, 0.1) is 0 Å². The van der Waals surface area contributed by atoms with Crippen LogP contribution in [0.1, 0.15) is 62.8 Å². The number of hydrogen-bond acceptors (Lipinski definition) is 9. The highest BCUT2D eigenvalue weighted by molar-refractivity contribution is 7.08. The van der Waals surface area contributed by atoms with E-state index in [-0.39, 0.29) is 12.4 Å². The highest BCUT2D eigenvalue weighted by Crippen LogP contribution is 2.34. The number of fused-ring (bicyclic) bond motifs is 1. The number of carbonyl (C=O) groups is 1. The van der Waals surface area contributed by atoms with Crippen molar-refractivity contribution < 1.29 is 14.3 Å². The van der Waals surface area contributed by atoms with E-state index in [2.05, 4.69) is 36.6 Å². The van der Waals surface area contributed by atoms with Crippen LogP contribution in [0.3, 0.4) is 0 Å². The minimum atomic E-state index is -1.17. The maximum absolute atomic E-state index is 12.0. The van der Waals surface area contributed by atoms with Crippen molar-refractivity contribution in [2.24, 2.45) is 4.99 Å². The standard InChI is InChI=1S/C31H43N7O3SSi/c1-5-6-15-41-29(39)13-14-37-21-25(20-33-37)24-18-27-26(32-19-24)11-12-28(34-27)35-31-38(22-40-16-17-43(2,3)4)36-30(42-31)23-9-7-8-10-23/h11-12,18-21,23H,5-10,13-17,22H2,1-4H3/b35-31-. The van der Waals surface area contributed by atoms with Crippen molar-refractivity contribution >= 4 is 42.2 Å². The van der Waals surface area contributed by atoms with Gasteiger partial charge in [-0.2, -0.15) is 15.2 Å². The second kappa shape index (κ2) is 14.5. The van der Waals surface area contributed by atoms with E-state index in [4.69, 9.17) is 24.5 Å². The number of unbranched alkanes of at least 4 members (excludes halogenated alkanes) is 1. The van der Waals surface area contributed by atoms with Crippen LogP contribution in [-0.4, -0.2) is 56.8 Å². The predicted molar refractivity (Wildman–Crippen MR) is 172 cm³/mol. The molecule has 4 aromatic rings. The molecule has 0 saturated heterocycles. The van der Waals surface area contributed by atoms with Crippen LogP contribution in [0.5, 0.6) is 0 Å². The molecular weight excluding hydrogens is 579 g/mol.